The van der Waals surface area contributed by atoms with Crippen molar-refractivity contribution in [1.29, 1.82) is 0 Å². The summed E-state index contributed by atoms with van der Waals surface area (Å²) < 4.78 is 33.8. The molecule has 0 aliphatic heterocycles. The molecule has 0 heterocycles. The summed E-state index contributed by atoms with van der Waals surface area (Å²) in [6.45, 7) is 3.43. The zero-order valence-electron chi connectivity index (χ0n) is 21.9. The van der Waals surface area contributed by atoms with Crippen molar-refractivity contribution in [1.82, 2.24) is 10.2 Å². The van der Waals surface area contributed by atoms with Gasteiger partial charge in [0.25, 0.3) is 10.0 Å². The predicted molar refractivity (Wildman–Crippen MR) is 154 cm³/mol. The minimum absolute atomic E-state index is 0.0121. The number of carbonyl (C=O) groups excluding carboxylic acids is 2. The molecule has 0 radical (unpaired) electrons. The lowest BCUT2D eigenvalue weighted by atomic mass is 10.1. The molecule has 0 bridgehead atoms. The van der Waals surface area contributed by atoms with E-state index in [0.29, 0.717) is 17.9 Å². The molecule has 0 aromatic heterocycles. The topological polar surface area (TPSA) is 96.0 Å². The Morgan fingerprint density at radius 3 is 2.26 bits per heavy atom. The average molecular weight is 593 g/mol. The molecule has 39 heavy (non-hydrogen) atoms. The molecule has 0 spiro atoms. The number of nitrogens with one attached hydrogen (secondary N) is 1. The first kappa shape index (κ1) is 30.3. The van der Waals surface area contributed by atoms with Crippen LogP contribution < -0.4 is 14.4 Å². The van der Waals surface area contributed by atoms with E-state index in [1.165, 1.54) is 42.3 Å². The van der Waals surface area contributed by atoms with E-state index in [1.807, 2.05) is 6.92 Å². The number of carbonyl (C=O) groups is 2. The summed E-state index contributed by atoms with van der Waals surface area (Å²) in [5.74, 6) is -0.353. The molecule has 2 amide bonds. The number of hydrogen-bond donors (Lipinski definition) is 1. The van der Waals surface area contributed by atoms with Crippen molar-refractivity contribution in [2.75, 3.05) is 24.5 Å². The van der Waals surface area contributed by atoms with Crippen molar-refractivity contribution in [2.45, 2.75) is 37.8 Å². The fourth-order valence-electron chi connectivity index (χ4n) is 3.88. The quantitative estimate of drug-likeness (QED) is 0.314. The van der Waals surface area contributed by atoms with Crippen LogP contribution in [-0.4, -0.2) is 51.4 Å². The zero-order chi connectivity index (χ0) is 28.6. The molecular weight excluding hydrogens is 561 g/mol. The summed E-state index contributed by atoms with van der Waals surface area (Å²) in [5, 5.41) is 3.22. The Hall–Kier alpha value is -3.27. The summed E-state index contributed by atoms with van der Waals surface area (Å²) in [6.07, 6.45) is 0.723. The molecule has 0 aliphatic rings. The Morgan fingerprint density at radius 1 is 0.974 bits per heavy atom. The summed E-state index contributed by atoms with van der Waals surface area (Å²) in [7, 11) is -2.68. The molecule has 3 rings (SSSR count). The van der Waals surface area contributed by atoms with Gasteiger partial charge in [0.15, 0.2) is 0 Å². The van der Waals surface area contributed by atoms with E-state index in [4.69, 9.17) is 27.9 Å². The SMILES string of the molecule is CCCNC(=O)[C@@H](C)N(Cc1cccc(OC)c1)C(=O)CN(c1cc(Cl)cc(Cl)c1)S(=O)(=O)c1ccccc1. The number of hydrogen-bond acceptors (Lipinski definition) is 5. The molecule has 208 valence electrons. The third kappa shape index (κ3) is 7.88. The van der Waals surface area contributed by atoms with Crippen molar-refractivity contribution in [3.63, 3.8) is 0 Å². The number of nitrogens with zero attached hydrogens (tertiary/aromatic N) is 2. The molecular formula is C28H31Cl2N3O5S. The molecule has 0 saturated heterocycles. The Labute approximate surface area is 239 Å². The summed E-state index contributed by atoms with van der Waals surface area (Å²) in [5.41, 5.74) is 0.829. The van der Waals surface area contributed by atoms with E-state index in [2.05, 4.69) is 5.32 Å². The van der Waals surface area contributed by atoms with Crippen LogP contribution >= 0.6 is 23.2 Å². The van der Waals surface area contributed by atoms with E-state index in [-0.39, 0.29) is 33.1 Å². The van der Waals surface area contributed by atoms with Crippen molar-refractivity contribution in [2.24, 2.45) is 0 Å². The Balaban J connectivity index is 2.04. The molecule has 8 nitrogen and oxygen atoms in total. The largest absolute Gasteiger partial charge is 0.497 e. The van der Waals surface area contributed by atoms with Gasteiger partial charge in [-0.3, -0.25) is 13.9 Å². The second-order valence-corrected chi connectivity index (χ2v) is 11.5. The van der Waals surface area contributed by atoms with Crippen molar-refractivity contribution in [3.8, 4) is 5.75 Å². The fraction of sp³-hybridized carbons (Fsp3) is 0.286. The van der Waals surface area contributed by atoms with Crippen molar-refractivity contribution >= 4 is 50.7 Å². The van der Waals surface area contributed by atoms with Gasteiger partial charge in [0, 0.05) is 23.1 Å². The smallest absolute Gasteiger partial charge is 0.264 e. The van der Waals surface area contributed by atoms with Gasteiger partial charge in [-0.05, 0) is 61.4 Å². The van der Waals surface area contributed by atoms with Gasteiger partial charge < -0.3 is 15.0 Å². The van der Waals surface area contributed by atoms with Crippen LogP contribution in [0.1, 0.15) is 25.8 Å². The van der Waals surface area contributed by atoms with Crippen LogP contribution in [0.15, 0.2) is 77.7 Å². The molecule has 3 aromatic carbocycles. The maximum absolute atomic E-state index is 13.9. The minimum Gasteiger partial charge on any atom is -0.497 e. The third-order valence-corrected chi connectivity index (χ3v) is 8.17. The van der Waals surface area contributed by atoms with Gasteiger partial charge in [0.05, 0.1) is 17.7 Å². The number of ether oxygens (including phenoxy) is 1. The Morgan fingerprint density at radius 2 is 1.64 bits per heavy atom. The van der Waals surface area contributed by atoms with Crippen LogP contribution in [0, 0.1) is 0 Å². The van der Waals surface area contributed by atoms with Crippen LogP contribution in [0.5, 0.6) is 5.75 Å². The summed E-state index contributed by atoms with van der Waals surface area (Å²) >= 11 is 12.4. The van der Waals surface area contributed by atoms with Gasteiger partial charge >= 0.3 is 0 Å². The van der Waals surface area contributed by atoms with Gasteiger partial charge in [-0.2, -0.15) is 0 Å². The Bertz CT molecular complexity index is 1380. The van der Waals surface area contributed by atoms with E-state index < -0.39 is 28.5 Å². The van der Waals surface area contributed by atoms with Crippen LogP contribution in [0.3, 0.4) is 0 Å². The maximum Gasteiger partial charge on any atom is 0.264 e. The molecule has 0 unspecified atom stereocenters. The highest BCUT2D eigenvalue weighted by atomic mass is 35.5. The number of methoxy groups -OCH3 is 1. The van der Waals surface area contributed by atoms with Crippen LogP contribution in [0.25, 0.3) is 0 Å². The van der Waals surface area contributed by atoms with Crippen LogP contribution in [0.2, 0.25) is 10.0 Å². The van der Waals surface area contributed by atoms with Crippen LogP contribution in [0.4, 0.5) is 5.69 Å². The predicted octanol–water partition coefficient (Wildman–Crippen LogP) is 5.14. The monoisotopic (exact) mass is 591 g/mol. The van der Waals surface area contributed by atoms with Crippen molar-refractivity contribution < 1.29 is 22.7 Å². The maximum atomic E-state index is 13.9. The van der Waals surface area contributed by atoms with E-state index >= 15 is 0 Å². The number of anilines is 1. The number of amides is 2. The first-order chi connectivity index (χ1) is 18.6. The van der Waals surface area contributed by atoms with Crippen LogP contribution in [-0.2, 0) is 26.2 Å². The number of halogens is 2. The van der Waals surface area contributed by atoms with Crippen molar-refractivity contribution in [3.05, 3.63) is 88.4 Å². The second-order valence-electron chi connectivity index (χ2n) is 8.79. The molecule has 1 atom stereocenters. The standard InChI is InChI=1S/C28H31Cl2N3O5S/c1-4-13-31-28(35)20(2)32(18-21-9-8-10-25(14-21)38-3)27(34)19-33(24-16-22(29)15-23(30)17-24)39(36,37)26-11-6-5-7-12-26/h5-12,14-17,20H,4,13,18-19H2,1-3H3,(H,31,35)/t20-/m1/s1. The highest BCUT2D eigenvalue weighted by Crippen LogP contribution is 2.30. The first-order valence-electron chi connectivity index (χ1n) is 12.3. The molecule has 0 fully saturated rings. The molecule has 1 N–H and O–H groups in total. The third-order valence-electron chi connectivity index (χ3n) is 5.95. The van der Waals surface area contributed by atoms with Gasteiger partial charge in [-0.1, -0.05) is 60.5 Å². The number of sulfonamides is 1. The summed E-state index contributed by atoms with van der Waals surface area (Å²) in [6, 6.07) is 18.3. The Kier molecular flexibility index (Phi) is 10.6. The summed E-state index contributed by atoms with van der Waals surface area (Å²) in [4.78, 5) is 28.2. The lowest BCUT2D eigenvalue weighted by molar-refractivity contribution is -0.139. The number of rotatable bonds is 12. The highest BCUT2D eigenvalue weighted by Gasteiger charge is 2.32. The highest BCUT2D eigenvalue weighted by molar-refractivity contribution is 7.92. The fourth-order valence-corrected chi connectivity index (χ4v) is 5.81. The second kappa shape index (κ2) is 13.7. The van der Waals surface area contributed by atoms with Gasteiger partial charge in [-0.25, -0.2) is 8.42 Å². The lowest BCUT2D eigenvalue weighted by Gasteiger charge is -2.32. The van der Waals surface area contributed by atoms with Gasteiger partial charge in [0.2, 0.25) is 11.8 Å². The molecule has 0 aliphatic carbocycles. The minimum atomic E-state index is -4.21. The average Bonchev–Trinajstić information content (AvgIpc) is 2.92. The van der Waals surface area contributed by atoms with E-state index in [9.17, 15) is 18.0 Å². The van der Waals surface area contributed by atoms with E-state index in [1.54, 1.807) is 49.4 Å². The lowest BCUT2D eigenvalue weighted by Crippen LogP contribution is -2.51. The van der Waals surface area contributed by atoms with Gasteiger partial charge in [-0.15, -0.1) is 0 Å². The molecule has 3 aromatic rings. The molecule has 0 saturated carbocycles. The zero-order valence-corrected chi connectivity index (χ0v) is 24.3. The first-order valence-corrected chi connectivity index (χ1v) is 14.5. The molecule has 11 heteroatoms. The van der Waals surface area contributed by atoms with Gasteiger partial charge in [0.1, 0.15) is 18.3 Å². The number of benzene rings is 3. The normalized spacial score (nSPS) is 11.9. The van der Waals surface area contributed by atoms with E-state index in [0.717, 1.165) is 10.7 Å².